The van der Waals surface area contributed by atoms with E-state index < -0.39 is 10.0 Å². The minimum absolute atomic E-state index is 0.143. The van der Waals surface area contributed by atoms with Crippen molar-refractivity contribution < 1.29 is 17.9 Å². The lowest BCUT2D eigenvalue weighted by Gasteiger charge is -2.12. The molecule has 2 aromatic carbocycles. The van der Waals surface area contributed by atoms with Crippen LogP contribution in [0, 0.1) is 0 Å². The Kier molecular flexibility index (Phi) is 7.65. The lowest BCUT2D eigenvalue weighted by molar-refractivity contribution is -0.123. The Balaban J connectivity index is 1.83. The van der Waals surface area contributed by atoms with Crippen LogP contribution in [0.5, 0.6) is 5.75 Å². The molecule has 1 amide bonds. The van der Waals surface area contributed by atoms with Crippen LogP contribution in [-0.2, 0) is 21.4 Å². The predicted octanol–water partition coefficient (Wildman–Crippen LogP) is 3.11. The SMILES string of the molecule is CC[C@H](C)NS(=O)(=O)c1ccc(OCC(=O)NCc2ccc(Cl)cc2)cc1. The van der Waals surface area contributed by atoms with Crippen LogP contribution in [0.3, 0.4) is 0 Å². The highest BCUT2D eigenvalue weighted by Gasteiger charge is 2.16. The van der Waals surface area contributed by atoms with Gasteiger partial charge in [0.15, 0.2) is 6.61 Å². The number of sulfonamides is 1. The smallest absolute Gasteiger partial charge is 0.258 e. The zero-order valence-corrected chi connectivity index (χ0v) is 16.8. The van der Waals surface area contributed by atoms with Crippen LogP contribution in [-0.4, -0.2) is 27.0 Å². The molecule has 0 fully saturated rings. The van der Waals surface area contributed by atoms with E-state index in [1.165, 1.54) is 24.3 Å². The summed E-state index contributed by atoms with van der Waals surface area (Å²) in [5.41, 5.74) is 0.927. The molecule has 8 heteroatoms. The number of halogens is 1. The summed E-state index contributed by atoms with van der Waals surface area (Å²) in [5.74, 6) is 0.138. The third-order valence-electron chi connectivity index (χ3n) is 3.88. The Bertz CT molecular complexity index is 852. The summed E-state index contributed by atoms with van der Waals surface area (Å²) >= 11 is 5.81. The van der Waals surface area contributed by atoms with E-state index in [-0.39, 0.29) is 23.5 Å². The summed E-state index contributed by atoms with van der Waals surface area (Å²) in [6.07, 6.45) is 0.700. The van der Waals surface area contributed by atoms with Crippen molar-refractivity contribution in [3.8, 4) is 5.75 Å². The maximum Gasteiger partial charge on any atom is 0.258 e. The maximum absolute atomic E-state index is 12.2. The second kappa shape index (κ2) is 9.73. The second-order valence-corrected chi connectivity index (χ2v) is 8.24. The number of hydrogen-bond donors (Lipinski definition) is 2. The lowest BCUT2D eigenvalue weighted by Crippen LogP contribution is -2.32. The summed E-state index contributed by atoms with van der Waals surface area (Å²) in [6.45, 7) is 3.92. The molecule has 2 rings (SSSR count). The van der Waals surface area contributed by atoms with Crippen LogP contribution >= 0.6 is 11.6 Å². The van der Waals surface area contributed by atoms with Gasteiger partial charge in [0, 0.05) is 17.6 Å². The van der Waals surface area contributed by atoms with E-state index in [0.29, 0.717) is 23.7 Å². The minimum atomic E-state index is -3.56. The van der Waals surface area contributed by atoms with Gasteiger partial charge in [-0.05, 0) is 55.3 Å². The summed E-state index contributed by atoms with van der Waals surface area (Å²) in [6, 6.07) is 13.0. The molecule has 2 N–H and O–H groups in total. The fourth-order valence-electron chi connectivity index (χ4n) is 2.13. The highest BCUT2D eigenvalue weighted by molar-refractivity contribution is 7.89. The standard InChI is InChI=1S/C19H23ClN2O4S/c1-3-14(2)22-27(24,25)18-10-8-17(9-11-18)26-13-19(23)21-12-15-4-6-16(20)7-5-15/h4-11,14,22H,3,12-13H2,1-2H3,(H,21,23)/t14-/m0/s1. The zero-order chi connectivity index (χ0) is 19.9. The topological polar surface area (TPSA) is 84.5 Å². The maximum atomic E-state index is 12.2. The summed E-state index contributed by atoms with van der Waals surface area (Å²) in [4.78, 5) is 12.0. The quantitative estimate of drug-likeness (QED) is 0.665. The van der Waals surface area contributed by atoms with Gasteiger partial charge in [0.25, 0.3) is 5.91 Å². The van der Waals surface area contributed by atoms with Crippen molar-refractivity contribution in [3.63, 3.8) is 0 Å². The van der Waals surface area contributed by atoms with Gasteiger partial charge in [0.1, 0.15) is 5.75 Å². The number of carbonyl (C=O) groups is 1. The van der Waals surface area contributed by atoms with E-state index >= 15 is 0 Å². The molecule has 1 atom stereocenters. The predicted molar refractivity (Wildman–Crippen MR) is 105 cm³/mol. The van der Waals surface area contributed by atoms with E-state index in [1.54, 1.807) is 19.1 Å². The normalized spacial score (nSPS) is 12.4. The van der Waals surface area contributed by atoms with Crippen LogP contribution in [0.25, 0.3) is 0 Å². The first-order valence-corrected chi connectivity index (χ1v) is 10.4. The average Bonchev–Trinajstić information content (AvgIpc) is 2.65. The second-order valence-electron chi connectivity index (χ2n) is 6.09. The molecular weight excluding hydrogens is 388 g/mol. The molecule has 0 aliphatic carbocycles. The Labute approximate surface area is 164 Å². The molecule has 2 aromatic rings. The Morgan fingerprint density at radius 1 is 1.11 bits per heavy atom. The Morgan fingerprint density at radius 3 is 2.33 bits per heavy atom. The molecule has 0 saturated carbocycles. The molecule has 0 aliphatic heterocycles. The summed E-state index contributed by atoms with van der Waals surface area (Å²) in [7, 11) is -3.56. The first-order chi connectivity index (χ1) is 12.8. The van der Waals surface area contributed by atoms with Crippen LogP contribution in [0.4, 0.5) is 0 Å². The number of carbonyl (C=O) groups excluding carboxylic acids is 1. The van der Waals surface area contributed by atoms with Gasteiger partial charge in [-0.15, -0.1) is 0 Å². The molecule has 0 aliphatic rings. The van der Waals surface area contributed by atoms with Gasteiger partial charge >= 0.3 is 0 Å². The largest absolute Gasteiger partial charge is 0.484 e. The van der Waals surface area contributed by atoms with Gasteiger partial charge in [-0.2, -0.15) is 0 Å². The number of hydrogen-bond acceptors (Lipinski definition) is 4. The molecule has 0 aromatic heterocycles. The van der Waals surface area contributed by atoms with Crippen molar-refractivity contribution >= 4 is 27.5 Å². The van der Waals surface area contributed by atoms with Gasteiger partial charge < -0.3 is 10.1 Å². The highest BCUT2D eigenvalue weighted by atomic mass is 35.5. The third-order valence-corrected chi connectivity index (χ3v) is 5.73. The molecule has 146 valence electrons. The molecule has 0 unspecified atom stereocenters. The van der Waals surface area contributed by atoms with Gasteiger partial charge in [-0.1, -0.05) is 30.7 Å². The van der Waals surface area contributed by atoms with E-state index in [0.717, 1.165) is 5.56 Å². The molecule has 0 spiro atoms. The van der Waals surface area contributed by atoms with E-state index in [4.69, 9.17) is 16.3 Å². The molecule has 0 heterocycles. The van der Waals surface area contributed by atoms with Crippen molar-refractivity contribution in [1.82, 2.24) is 10.0 Å². The Morgan fingerprint density at radius 2 is 1.74 bits per heavy atom. The van der Waals surface area contributed by atoms with Crippen LogP contribution < -0.4 is 14.8 Å². The Hall–Kier alpha value is -2.09. The molecule has 27 heavy (non-hydrogen) atoms. The lowest BCUT2D eigenvalue weighted by atomic mass is 10.2. The average molecular weight is 411 g/mol. The van der Waals surface area contributed by atoms with Crippen LogP contribution in [0.2, 0.25) is 5.02 Å². The minimum Gasteiger partial charge on any atom is -0.484 e. The summed E-state index contributed by atoms with van der Waals surface area (Å²) < 4.78 is 32.4. The van der Waals surface area contributed by atoms with E-state index in [2.05, 4.69) is 10.0 Å². The van der Waals surface area contributed by atoms with Crippen LogP contribution in [0.1, 0.15) is 25.8 Å². The molecular formula is C19H23ClN2O4S. The number of rotatable bonds is 9. The van der Waals surface area contributed by atoms with Gasteiger partial charge in [-0.25, -0.2) is 13.1 Å². The highest BCUT2D eigenvalue weighted by Crippen LogP contribution is 2.16. The van der Waals surface area contributed by atoms with Gasteiger partial charge in [0.2, 0.25) is 10.0 Å². The molecule has 0 saturated heterocycles. The fourth-order valence-corrected chi connectivity index (χ4v) is 3.59. The number of amides is 1. The number of benzene rings is 2. The van der Waals surface area contributed by atoms with Crippen molar-refractivity contribution in [1.29, 1.82) is 0 Å². The summed E-state index contributed by atoms with van der Waals surface area (Å²) in [5, 5.41) is 3.38. The van der Waals surface area contributed by atoms with E-state index in [9.17, 15) is 13.2 Å². The number of ether oxygens (including phenoxy) is 1. The van der Waals surface area contributed by atoms with Crippen molar-refractivity contribution in [2.45, 2.75) is 37.8 Å². The van der Waals surface area contributed by atoms with Gasteiger partial charge in [0.05, 0.1) is 4.90 Å². The fraction of sp³-hybridized carbons (Fsp3) is 0.316. The van der Waals surface area contributed by atoms with Gasteiger partial charge in [-0.3, -0.25) is 4.79 Å². The van der Waals surface area contributed by atoms with Crippen molar-refractivity contribution in [2.24, 2.45) is 0 Å². The van der Waals surface area contributed by atoms with Crippen molar-refractivity contribution in [2.75, 3.05) is 6.61 Å². The first-order valence-electron chi connectivity index (χ1n) is 8.56. The third kappa shape index (κ3) is 6.86. The van der Waals surface area contributed by atoms with E-state index in [1.807, 2.05) is 19.1 Å². The number of nitrogens with one attached hydrogen (secondary N) is 2. The first kappa shape index (κ1) is 21.2. The molecule has 0 radical (unpaired) electrons. The van der Waals surface area contributed by atoms with Crippen molar-refractivity contribution in [3.05, 3.63) is 59.1 Å². The monoisotopic (exact) mass is 410 g/mol. The van der Waals surface area contributed by atoms with Crippen LogP contribution in [0.15, 0.2) is 53.4 Å². The molecule has 6 nitrogen and oxygen atoms in total. The molecule has 0 bridgehead atoms. The zero-order valence-electron chi connectivity index (χ0n) is 15.2.